The molecular weight excluding hydrogens is 328 g/mol. The van der Waals surface area contributed by atoms with Crippen molar-refractivity contribution in [3.05, 3.63) is 59.7 Å². The van der Waals surface area contributed by atoms with Gasteiger partial charge in [-0.1, -0.05) is 31.5 Å². The number of nitrogens with zero attached hydrogens (tertiary/aromatic N) is 2. The highest BCUT2D eigenvalue weighted by atomic mass is 16.2. The second-order valence-electron chi connectivity index (χ2n) is 5.78. The Bertz CT molecular complexity index is 770. The van der Waals surface area contributed by atoms with Crippen LogP contribution in [0, 0.1) is 12.5 Å². The number of rotatable bonds is 7. The fraction of sp³-hybridized carbons (Fsp3) is 0.263. The van der Waals surface area contributed by atoms with Gasteiger partial charge in [0.25, 0.3) is 0 Å². The van der Waals surface area contributed by atoms with Crippen LogP contribution < -0.4 is 16.1 Å². The first-order chi connectivity index (χ1) is 12.6. The second kappa shape index (κ2) is 9.93. The minimum absolute atomic E-state index is 0.303. The number of amides is 2. The predicted molar refractivity (Wildman–Crippen MR) is 105 cm³/mol. The first kappa shape index (κ1) is 19.1. The predicted octanol–water partition coefficient (Wildman–Crippen LogP) is 4.72. The average molecular weight is 352 g/mol. The number of nitrogens with one attached hydrogen (secondary N) is 4. The molecule has 0 fully saturated rings. The average Bonchev–Trinajstić information content (AvgIpc) is 2.65. The van der Waals surface area contributed by atoms with E-state index in [0.29, 0.717) is 17.1 Å². The lowest BCUT2D eigenvalue weighted by molar-refractivity contribution is 0.262. The Morgan fingerprint density at radius 2 is 1.81 bits per heavy atom. The van der Waals surface area contributed by atoms with Crippen LogP contribution in [0.4, 0.5) is 16.2 Å². The van der Waals surface area contributed by atoms with Crippen LogP contribution in [0.1, 0.15) is 30.9 Å². The summed E-state index contributed by atoms with van der Waals surface area (Å²) in [6.07, 6.45) is 2.08. The molecule has 0 heterocycles. The van der Waals surface area contributed by atoms with Crippen molar-refractivity contribution in [2.24, 2.45) is 10.2 Å². The zero-order valence-electron chi connectivity index (χ0n) is 15.0. The summed E-state index contributed by atoms with van der Waals surface area (Å²) >= 11 is 0. The maximum Gasteiger partial charge on any atom is 0.323 e. The van der Waals surface area contributed by atoms with Crippen molar-refractivity contribution in [1.82, 2.24) is 5.43 Å². The monoisotopic (exact) mass is 352 g/mol. The van der Waals surface area contributed by atoms with Crippen molar-refractivity contribution in [2.75, 3.05) is 17.2 Å². The topological polar surface area (TPSA) is 102 Å². The quantitative estimate of drug-likeness (QED) is 0.190. The largest absolute Gasteiger partial charge is 0.323 e. The van der Waals surface area contributed by atoms with E-state index in [1.165, 1.54) is 0 Å². The van der Waals surface area contributed by atoms with Crippen molar-refractivity contribution in [3.63, 3.8) is 0 Å². The van der Waals surface area contributed by atoms with Gasteiger partial charge in [-0.15, -0.1) is 5.11 Å². The van der Waals surface area contributed by atoms with E-state index in [2.05, 4.69) is 33.2 Å². The molecule has 0 aliphatic rings. The summed E-state index contributed by atoms with van der Waals surface area (Å²) in [5.74, 6) is 0.303. The Balaban J connectivity index is 1.96. The van der Waals surface area contributed by atoms with Crippen LogP contribution in [-0.4, -0.2) is 18.4 Å². The molecule has 0 spiro atoms. The highest BCUT2D eigenvalue weighted by molar-refractivity contribution is 6.01. The van der Waals surface area contributed by atoms with Crippen LogP contribution in [0.15, 0.2) is 58.7 Å². The number of urea groups is 1. The molecule has 0 bridgehead atoms. The Hall–Kier alpha value is -3.22. The molecule has 0 saturated heterocycles. The van der Waals surface area contributed by atoms with Gasteiger partial charge in [0.2, 0.25) is 0 Å². The molecule has 26 heavy (non-hydrogen) atoms. The smallest absolute Gasteiger partial charge is 0.308 e. The second-order valence-corrected chi connectivity index (χ2v) is 5.78. The maximum atomic E-state index is 12.1. The van der Waals surface area contributed by atoms with E-state index in [0.717, 1.165) is 30.6 Å². The van der Waals surface area contributed by atoms with E-state index in [-0.39, 0.29) is 6.03 Å². The maximum absolute atomic E-state index is 12.1. The Labute approximate surface area is 153 Å². The molecule has 7 heteroatoms. The van der Waals surface area contributed by atoms with Crippen LogP contribution >= 0.6 is 0 Å². The first-order valence-corrected chi connectivity index (χ1v) is 8.56. The SMILES string of the molecule is CCCCN/N=C(\N=N)c1ccc(NC(=O)Nc2ccccc2C)cc1. The molecule has 4 N–H and O–H groups in total. The molecule has 0 radical (unpaired) electrons. The van der Waals surface area contributed by atoms with Gasteiger partial charge in [-0.05, 0) is 49.2 Å². The highest BCUT2D eigenvalue weighted by Crippen LogP contribution is 2.15. The lowest BCUT2D eigenvalue weighted by Gasteiger charge is -2.10. The van der Waals surface area contributed by atoms with Crippen molar-refractivity contribution in [3.8, 4) is 0 Å². The molecular formula is C19H24N6O. The van der Waals surface area contributed by atoms with E-state index in [1.54, 1.807) is 24.3 Å². The summed E-state index contributed by atoms with van der Waals surface area (Å²) in [4.78, 5) is 12.1. The van der Waals surface area contributed by atoms with Gasteiger partial charge in [0.1, 0.15) is 0 Å². The lowest BCUT2D eigenvalue weighted by Crippen LogP contribution is -2.20. The molecule has 7 nitrogen and oxygen atoms in total. The number of benzene rings is 2. The van der Waals surface area contributed by atoms with Crippen LogP contribution in [0.2, 0.25) is 0 Å². The summed E-state index contributed by atoms with van der Waals surface area (Å²) < 4.78 is 0. The Kier molecular flexibility index (Phi) is 7.30. The zero-order valence-corrected chi connectivity index (χ0v) is 15.0. The van der Waals surface area contributed by atoms with Gasteiger partial charge in [-0.25, -0.2) is 10.3 Å². The number of carbonyl (C=O) groups is 1. The molecule has 0 saturated carbocycles. The minimum Gasteiger partial charge on any atom is -0.308 e. The van der Waals surface area contributed by atoms with Crippen LogP contribution in [-0.2, 0) is 0 Å². The van der Waals surface area contributed by atoms with Gasteiger partial charge >= 0.3 is 6.03 Å². The van der Waals surface area contributed by atoms with E-state index in [1.807, 2.05) is 31.2 Å². The molecule has 0 aliphatic heterocycles. The summed E-state index contributed by atoms with van der Waals surface area (Å²) in [7, 11) is 0. The first-order valence-electron chi connectivity index (χ1n) is 8.56. The number of anilines is 2. The van der Waals surface area contributed by atoms with Gasteiger partial charge in [0, 0.05) is 23.5 Å². The summed E-state index contributed by atoms with van der Waals surface area (Å²) in [5.41, 5.74) is 13.3. The zero-order chi connectivity index (χ0) is 18.8. The van der Waals surface area contributed by atoms with E-state index in [9.17, 15) is 4.79 Å². The summed E-state index contributed by atoms with van der Waals surface area (Å²) in [6.45, 7) is 4.78. The highest BCUT2D eigenvalue weighted by Gasteiger charge is 2.06. The molecule has 2 amide bonds. The Morgan fingerprint density at radius 1 is 1.08 bits per heavy atom. The van der Waals surface area contributed by atoms with Crippen LogP contribution in [0.25, 0.3) is 0 Å². The third-order valence-corrected chi connectivity index (χ3v) is 3.73. The number of aryl methyl sites for hydroxylation is 1. The number of para-hydroxylation sites is 1. The van der Waals surface area contributed by atoms with Crippen LogP contribution in [0.3, 0.4) is 0 Å². The molecule has 0 aromatic heterocycles. The van der Waals surface area contributed by atoms with E-state index < -0.39 is 0 Å². The molecule has 0 atom stereocenters. The number of hydrazone groups is 1. The molecule has 0 unspecified atom stereocenters. The third kappa shape index (κ3) is 5.70. The van der Waals surface area contributed by atoms with Gasteiger partial charge in [-0.2, -0.15) is 5.10 Å². The van der Waals surface area contributed by atoms with E-state index >= 15 is 0 Å². The molecule has 2 aromatic rings. The number of amidine groups is 1. The van der Waals surface area contributed by atoms with Gasteiger partial charge < -0.3 is 16.1 Å². The number of hydrogen-bond acceptors (Lipinski definition) is 4. The third-order valence-electron chi connectivity index (χ3n) is 3.73. The molecule has 136 valence electrons. The number of hydrogen-bond donors (Lipinski definition) is 4. The summed E-state index contributed by atoms with van der Waals surface area (Å²) in [6, 6.07) is 14.3. The lowest BCUT2D eigenvalue weighted by atomic mass is 10.2. The Morgan fingerprint density at radius 3 is 2.46 bits per heavy atom. The van der Waals surface area contributed by atoms with Gasteiger partial charge in [0.05, 0.1) is 0 Å². The fourth-order valence-electron chi connectivity index (χ4n) is 2.24. The number of carbonyl (C=O) groups excluding carboxylic acids is 1. The molecule has 2 aromatic carbocycles. The van der Waals surface area contributed by atoms with E-state index in [4.69, 9.17) is 5.53 Å². The van der Waals surface area contributed by atoms with Crippen molar-refractivity contribution in [2.45, 2.75) is 26.7 Å². The summed E-state index contributed by atoms with van der Waals surface area (Å²) in [5, 5.41) is 13.2. The van der Waals surface area contributed by atoms with Gasteiger partial charge in [0.15, 0.2) is 5.84 Å². The van der Waals surface area contributed by atoms with Crippen molar-refractivity contribution < 1.29 is 4.79 Å². The van der Waals surface area contributed by atoms with Crippen molar-refractivity contribution in [1.29, 1.82) is 5.53 Å². The van der Waals surface area contributed by atoms with Gasteiger partial charge in [-0.3, -0.25) is 0 Å². The standard InChI is InChI=1S/C19H24N6O/c1-3-4-13-21-25-18(24-20)15-9-11-16(12-10-15)22-19(26)23-17-8-6-5-7-14(17)2/h5-12,20-21H,3-4,13H2,1-2H3,(H2,22,23,26)/b24-20?,25-18-. The number of unbranched alkanes of at least 4 members (excludes halogenated alkanes) is 1. The molecule has 0 aliphatic carbocycles. The minimum atomic E-state index is -0.313. The normalized spacial score (nSPS) is 10.9. The molecule has 2 rings (SSSR count). The van der Waals surface area contributed by atoms with Crippen molar-refractivity contribution >= 4 is 23.2 Å². The van der Waals surface area contributed by atoms with Crippen LogP contribution in [0.5, 0.6) is 0 Å². The fourth-order valence-corrected chi connectivity index (χ4v) is 2.24.